The lowest BCUT2D eigenvalue weighted by molar-refractivity contribution is 0.174. The average molecular weight is 274 g/mol. The molecule has 0 saturated heterocycles. The molecule has 1 aliphatic heterocycles. The number of H-pyrrole nitrogens is 1. The maximum atomic E-state index is 6.30. The average Bonchev–Trinajstić information content (AvgIpc) is 3.03. The summed E-state index contributed by atoms with van der Waals surface area (Å²) in [5.74, 6) is 1.35. The van der Waals surface area contributed by atoms with E-state index in [4.69, 9.17) is 21.1 Å². The summed E-state index contributed by atoms with van der Waals surface area (Å²) in [5.41, 5.74) is 2.30. The van der Waals surface area contributed by atoms with Crippen LogP contribution in [0.3, 0.4) is 0 Å². The predicted molar refractivity (Wildman–Crippen MR) is 70.5 cm³/mol. The van der Waals surface area contributed by atoms with Gasteiger partial charge >= 0.3 is 0 Å². The Morgan fingerprint density at radius 1 is 1.21 bits per heavy atom. The summed E-state index contributed by atoms with van der Waals surface area (Å²) in [6.45, 7) is 0.223. The minimum Gasteiger partial charge on any atom is -0.454 e. The van der Waals surface area contributed by atoms with Gasteiger partial charge in [-0.1, -0.05) is 11.6 Å². The summed E-state index contributed by atoms with van der Waals surface area (Å²) < 4.78 is 10.7. The van der Waals surface area contributed by atoms with E-state index in [1.807, 2.05) is 18.2 Å². The summed E-state index contributed by atoms with van der Waals surface area (Å²) >= 11 is 6.30. The van der Waals surface area contributed by atoms with Gasteiger partial charge in [-0.3, -0.25) is 5.10 Å². The van der Waals surface area contributed by atoms with Crippen molar-refractivity contribution in [3.8, 4) is 22.8 Å². The van der Waals surface area contributed by atoms with E-state index in [1.165, 1.54) is 0 Å². The van der Waals surface area contributed by atoms with Crippen molar-refractivity contribution in [2.24, 2.45) is 0 Å². The third-order valence-electron chi connectivity index (χ3n) is 3.06. The fourth-order valence-electron chi connectivity index (χ4n) is 2.16. The third kappa shape index (κ3) is 1.55. The van der Waals surface area contributed by atoms with Crippen LogP contribution >= 0.6 is 11.6 Å². The SMILES string of the molecule is Clc1cc2c(cc1-c1[nH]nc3ncccc13)OCO2. The number of halogens is 1. The first-order chi connectivity index (χ1) is 9.33. The van der Waals surface area contributed by atoms with Crippen molar-refractivity contribution in [2.75, 3.05) is 6.79 Å². The number of rotatable bonds is 1. The molecular formula is C13H8ClN3O2. The van der Waals surface area contributed by atoms with E-state index in [0.717, 1.165) is 16.6 Å². The Morgan fingerprint density at radius 2 is 2.05 bits per heavy atom. The number of benzene rings is 1. The molecule has 0 saturated carbocycles. The Bertz CT molecular complexity index is 785. The highest BCUT2D eigenvalue weighted by Crippen LogP contribution is 2.41. The van der Waals surface area contributed by atoms with E-state index in [9.17, 15) is 0 Å². The van der Waals surface area contributed by atoms with Crippen LogP contribution in [0.25, 0.3) is 22.3 Å². The van der Waals surface area contributed by atoms with Gasteiger partial charge in [-0.15, -0.1) is 0 Å². The first kappa shape index (κ1) is 10.6. The van der Waals surface area contributed by atoms with Crippen molar-refractivity contribution in [3.05, 3.63) is 35.5 Å². The van der Waals surface area contributed by atoms with Gasteiger partial charge in [-0.25, -0.2) is 4.98 Å². The zero-order valence-electron chi connectivity index (χ0n) is 9.68. The molecule has 1 aromatic carbocycles. The van der Waals surface area contributed by atoms with Crippen LogP contribution < -0.4 is 9.47 Å². The summed E-state index contributed by atoms with van der Waals surface area (Å²) in [7, 11) is 0. The lowest BCUT2D eigenvalue weighted by atomic mass is 10.1. The number of fused-ring (bicyclic) bond motifs is 2. The molecule has 3 aromatic rings. The highest BCUT2D eigenvalue weighted by Gasteiger charge is 2.19. The first-order valence-corrected chi connectivity index (χ1v) is 6.09. The zero-order valence-corrected chi connectivity index (χ0v) is 10.4. The van der Waals surface area contributed by atoms with Gasteiger partial charge in [0.1, 0.15) is 0 Å². The normalized spacial score (nSPS) is 13.1. The van der Waals surface area contributed by atoms with Crippen LogP contribution in [0.2, 0.25) is 5.02 Å². The lowest BCUT2D eigenvalue weighted by Gasteiger charge is -2.04. The minimum atomic E-state index is 0.223. The molecule has 0 bridgehead atoms. The van der Waals surface area contributed by atoms with Gasteiger partial charge in [0.2, 0.25) is 6.79 Å². The molecule has 0 atom stereocenters. The van der Waals surface area contributed by atoms with E-state index in [0.29, 0.717) is 22.2 Å². The Morgan fingerprint density at radius 3 is 2.95 bits per heavy atom. The van der Waals surface area contributed by atoms with Crippen LogP contribution in [0, 0.1) is 0 Å². The Balaban J connectivity index is 1.97. The van der Waals surface area contributed by atoms with Crippen molar-refractivity contribution >= 4 is 22.6 Å². The van der Waals surface area contributed by atoms with Crippen molar-refractivity contribution in [1.82, 2.24) is 15.2 Å². The zero-order chi connectivity index (χ0) is 12.8. The van der Waals surface area contributed by atoms with Crippen molar-refractivity contribution in [3.63, 3.8) is 0 Å². The number of aromatic nitrogens is 3. The Hall–Kier alpha value is -2.27. The fraction of sp³-hybridized carbons (Fsp3) is 0.0769. The molecule has 2 aromatic heterocycles. The standard InChI is InChI=1S/C13H8ClN3O2/c14-9-5-11-10(18-6-19-11)4-8(9)12-7-2-1-3-15-13(7)17-16-12/h1-5H,6H2,(H,15,16,17). The van der Waals surface area contributed by atoms with E-state index in [1.54, 1.807) is 12.3 Å². The molecular weight excluding hydrogens is 266 g/mol. The largest absolute Gasteiger partial charge is 0.454 e. The molecule has 6 heteroatoms. The maximum Gasteiger partial charge on any atom is 0.231 e. The number of hydrogen-bond acceptors (Lipinski definition) is 4. The summed E-state index contributed by atoms with van der Waals surface area (Å²) in [6, 6.07) is 7.41. The molecule has 0 amide bonds. The third-order valence-corrected chi connectivity index (χ3v) is 3.37. The number of ether oxygens (including phenoxy) is 2. The summed E-state index contributed by atoms with van der Waals surface area (Å²) in [5, 5.41) is 8.63. The second kappa shape index (κ2) is 3.86. The summed E-state index contributed by atoms with van der Waals surface area (Å²) in [4.78, 5) is 4.19. The molecule has 0 fully saturated rings. The maximum absolute atomic E-state index is 6.30. The van der Waals surface area contributed by atoms with Crippen LogP contribution in [0.15, 0.2) is 30.5 Å². The van der Waals surface area contributed by atoms with Gasteiger partial charge in [0.15, 0.2) is 17.1 Å². The molecule has 3 heterocycles. The second-order valence-electron chi connectivity index (χ2n) is 4.16. The first-order valence-electron chi connectivity index (χ1n) is 5.71. The van der Waals surface area contributed by atoms with Crippen molar-refractivity contribution in [2.45, 2.75) is 0 Å². The number of nitrogens with one attached hydrogen (secondary N) is 1. The van der Waals surface area contributed by atoms with E-state index in [-0.39, 0.29) is 6.79 Å². The smallest absolute Gasteiger partial charge is 0.231 e. The van der Waals surface area contributed by atoms with E-state index >= 15 is 0 Å². The molecule has 0 radical (unpaired) electrons. The Kier molecular flexibility index (Phi) is 2.16. The van der Waals surface area contributed by atoms with Gasteiger partial charge in [0, 0.05) is 23.2 Å². The van der Waals surface area contributed by atoms with Gasteiger partial charge in [0.05, 0.1) is 10.7 Å². The van der Waals surface area contributed by atoms with Crippen LogP contribution in [-0.2, 0) is 0 Å². The highest BCUT2D eigenvalue weighted by molar-refractivity contribution is 6.33. The molecule has 0 spiro atoms. The quantitative estimate of drug-likeness (QED) is 0.740. The van der Waals surface area contributed by atoms with Gasteiger partial charge in [0.25, 0.3) is 0 Å². The van der Waals surface area contributed by atoms with Crippen molar-refractivity contribution < 1.29 is 9.47 Å². The lowest BCUT2D eigenvalue weighted by Crippen LogP contribution is -1.92. The molecule has 1 aliphatic rings. The number of pyridine rings is 1. The number of nitrogens with zero attached hydrogens (tertiary/aromatic N) is 2. The predicted octanol–water partition coefficient (Wildman–Crippen LogP) is 3.01. The number of aromatic amines is 1. The summed E-state index contributed by atoms with van der Waals surface area (Å²) in [6.07, 6.45) is 1.70. The van der Waals surface area contributed by atoms with E-state index in [2.05, 4.69) is 15.2 Å². The molecule has 0 aliphatic carbocycles. The highest BCUT2D eigenvalue weighted by atomic mass is 35.5. The van der Waals surface area contributed by atoms with Crippen LogP contribution in [0.4, 0.5) is 0 Å². The van der Waals surface area contributed by atoms with Gasteiger partial charge in [-0.2, -0.15) is 5.10 Å². The second-order valence-corrected chi connectivity index (χ2v) is 4.57. The molecule has 4 rings (SSSR count). The molecule has 94 valence electrons. The van der Waals surface area contributed by atoms with Gasteiger partial charge < -0.3 is 9.47 Å². The van der Waals surface area contributed by atoms with Crippen molar-refractivity contribution in [1.29, 1.82) is 0 Å². The van der Waals surface area contributed by atoms with Crippen LogP contribution in [0.1, 0.15) is 0 Å². The van der Waals surface area contributed by atoms with Gasteiger partial charge in [-0.05, 0) is 18.2 Å². The minimum absolute atomic E-state index is 0.223. The monoisotopic (exact) mass is 273 g/mol. The molecule has 5 nitrogen and oxygen atoms in total. The number of hydrogen-bond donors (Lipinski definition) is 1. The molecule has 1 N–H and O–H groups in total. The van der Waals surface area contributed by atoms with Crippen LogP contribution in [0.5, 0.6) is 11.5 Å². The van der Waals surface area contributed by atoms with E-state index < -0.39 is 0 Å². The molecule has 0 unspecified atom stereocenters. The Labute approximate surface area is 113 Å². The van der Waals surface area contributed by atoms with Crippen LogP contribution in [-0.4, -0.2) is 22.0 Å². The fourth-order valence-corrected chi connectivity index (χ4v) is 2.41. The topological polar surface area (TPSA) is 60.0 Å². The molecule has 19 heavy (non-hydrogen) atoms.